The Kier molecular flexibility index (Phi) is 6.20. The minimum Gasteiger partial charge on any atom is -0.341 e. The summed E-state index contributed by atoms with van der Waals surface area (Å²) in [5.41, 5.74) is 0. The molecule has 0 radical (unpaired) electrons. The minimum absolute atomic E-state index is 0.397. The Bertz CT molecular complexity index is 415. The van der Waals surface area contributed by atoms with Gasteiger partial charge in [-0.15, -0.1) is 0 Å². The number of nitrogens with zero attached hydrogens (tertiary/aromatic N) is 3. The molecule has 3 rings (SSSR count). The monoisotopic (exact) mass is 335 g/mol. The van der Waals surface area contributed by atoms with Crippen LogP contribution in [0.5, 0.6) is 0 Å². The van der Waals surface area contributed by atoms with Crippen molar-refractivity contribution in [2.24, 2.45) is 5.92 Å². The third-order valence-electron chi connectivity index (χ3n) is 7.06. The standard InChI is InChI=1S/C20H37N3O/c1-21-13-11-17(12-14-21)22(2)18-9-4-5-10-19(18)23(3)20(24)15-16-7-6-8-16/h16-19H,4-15H2,1-3H3/t18-,19-/m1/s1. The summed E-state index contributed by atoms with van der Waals surface area (Å²) in [6, 6.07) is 1.68. The van der Waals surface area contributed by atoms with Gasteiger partial charge in [0.15, 0.2) is 0 Å². The topological polar surface area (TPSA) is 26.8 Å². The van der Waals surface area contributed by atoms with Crippen LogP contribution in [0.4, 0.5) is 0 Å². The molecule has 0 unspecified atom stereocenters. The second-order valence-electron chi connectivity index (χ2n) is 8.62. The summed E-state index contributed by atoms with van der Waals surface area (Å²) >= 11 is 0. The van der Waals surface area contributed by atoms with Crippen LogP contribution in [-0.2, 0) is 4.79 Å². The molecule has 1 aliphatic heterocycles. The van der Waals surface area contributed by atoms with Crippen molar-refractivity contribution in [1.29, 1.82) is 0 Å². The number of hydrogen-bond donors (Lipinski definition) is 0. The summed E-state index contributed by atoms with van der Waals surface area (Å²) in [4.78, 5) is 20.0. The SMILES string of the molecule is CN1CCC(N(C)[C@@H]2CCCC[C@H]2N(C)C(=O)CC2CCC2)CC1. The molecule has 2 saturated carbocycles. The minimum atomic E-state index is 0.397. The van der Waals surface area contributed by atoms with Crippen LogP contribution in [0.1, 0.15) is 64.2 Å². The van der Waals surface area contributed by atoms with Crippen LogP contribution in [0.25, 0.3) is 0 Å². The van der Waals surface area contributed by atoms with E-state index in [-0.39, 0.29) is 0 Å². The lowest BCUT2D eigenvalue weighted by atomic mass is 9.82. The zero-order valence-corrected chi connectivity index (χ0v) is 16.0. The van der Waals surface area contributed by atoms with E-state index in [0.717, 1.165) is 6.42 Å². The highest BCUT2D eigenvalue weighted by atomic mass is 16.2. The summed E-state index contributed by atoms with van der Waals surface area (Å²) < 4.78 is 0. The Morgan fingerprint density at radius 2 is 1.54 bits per heavy atom. The van der Waals surface area contributed by atoms with E-state index in [1.54, 1.807) is 0 Å². The van der Waals surface area contributed by atoms with Gasteiger partial charge in [0, 0.05) is 31.6 Å². The van der Waals surface area contributed by atoms with Gasteiger partial charge in [0.25, 0.3) is 0 Å². The second-order valence-corrected chi connectivity index (χ2v) is 8.62. The van der Waals surface area contributed by atoms with Crippen molar-refractivity contribution in [1.82, 2.24) is 14.7 Å². The number of carbonyl (C=O) groups excluding carboxylic acids is 1. The van der Waals surface area contributed by atoms with E-state index >= 15 is 0 Å². The first kappa shape index (κ1) is 18.2. The molecule has 138 valence electrons. The predicted octanol–water partition coefficient (Wildman–Crippen LogP) is 2.97. The van der Waals surface area contributed by atoms with Crippen molar-refractivity contribution in [2.45, 2.75) is 82.3 Å². The van der Waals surface area contributed by atoms with Crippen molar-refractivity contribution in [3.05, 3.63) is 0 Å². The summed E-state index contributed by atoms with van der Waals surface area (Å²) in [7, 11) is 6.63. The molecule has 0 aromatic carbocycles. The molecular formula is C20H37N3O. The smallest absolute Gasteiger partial charge is 0.222 e. The molecule has 1 saturated heterocycles. The molecule has 24 heavy (non-hydrogen) atoms. The molecule has 4 nitrogen and oxygen atoms in total. The van der Waals surface area contributed by atoms with Crippen molar-refractivity contribution >= 4 is 5.91 Å². The van der Waals surface area contributed by atoms with Gasteiger partial charge in [0.1, 0.15) is 0 Å². The molecule has 0 bridgehead atoms. The number of piperidine rings is 1. The van der Waals surface area contributed by atoms with E-state index < -0.39 is 0 Å². The molecule has 0 N–H and O–H groups in total. The Hall–Kier alpha value is -0.610. The van der Waals surface area contributed by atoms with Gasteiger partial charge in [0.2, 0.25) is 5.91 Å². The molecule has 0 aromatic heterocycles. The number of likely N-dealkylation sites (N-methyl/N-ethyl adjacent to an activating group) is 2. The fourth-order valence-electron chi connectivity index (χ4n) is 4.96. The van der Waals surface area contributed by atoms with Gasteiger partial charge in [-0.2, -0.15) is 0 Å². The van der Waals surface area contributed by atoms with Gasteiger partial charge < -0.3 is 9.80 Å². The summed E-state index contributed by atoms with van der Waals surface area (Å²) in [5, 5.41) is 0. The Labute approximate surface area is 148 Å². The highest BCUT2D eigenvalue weighted by Gasteiger charge is 2.37. The predicted molar refractivity (Wildman–Crippen MR) is 99.1 cm³/mol. The molecule has 3 aliphatic rings. The van der Waals surface area contributed by atoms with Crippen LogP contribution in [0, 0.1) is 5.92 Å². The molecule has 0 spiro atoms. The molecule has 1 amide bonds. The summed E-state index contributed by atoms with van der Waals surface area (Å²) in [6.45, 7) is 2.42. The van der Waals surface area contributed by atoms with Crippen molar-refractivity contribution in [3.63, 3.8) is 0 Å². The molecular weight excluding hydrogens is 298 g/mol. The first-order valence-electron chi connectivity index (χ1n) is 10.2. The molecule has 0 aromatic rings. The van der Waals surface area contributed by atoms with Crippen LogP contribution in [-0.4, -0.2) is 73.0 Å². The van der Waals surface area contributed by atoms with Crippen LogP contribution in [0.15, 0.2) is 0 Å². The van der Waals surface area contributed by atoms with E-state index in [2.05, 4.69) is 35.8 Å². The maximum atomic E-state index is 12.7. The molecule has 2 atom stereocenters. The zero-order valence-electron chi connectivity index (χ0n) is 16.0. The van der Waals surface area contributed by atoms with Gasteiger partial charge in [-0.25, -0.2) is 0 Å². The fraction of sp³-hybridized carbons (Fsp3) is 0.950. The number of rotatable bonds is 5. The van der Waals surface area contributed by atoms with Crippen LogP contribution >= 0.6 is 0 Å². The van der Waals surface area contributed by atoms with Gasteiger partial charge in [-0.3, -0.25) is 9.69 Å². The normalized spacial score (nSPS) is 30.3. The van der Waals surface area contributed by atoms with Gasteiger partial charge in [-0.05, 0) is 71.6 Å². The van der Waals surface area contributed by atoms with Crippen molar-refractivity contribution < 1.29 is 4.79 Å². The lowest BCUT2D eigenvalue weighted by Crippen LogP contribution is -2.56. The maximum Gasteiger partial charge on any atom is 0.222 e. The molecule has 2 aliphatic carbocycles. The van der Waals surface area contributed by atoms with E-state index in [9.17, 15) is 4.79 Å². The van der Waals surface area contributed by atoms with Crippen molar-refractivity contribution in [3.8, 4) is 0 Å². The summed E-state index contributed by atoms with van der Waals surface area (Å²) in [5.74, 6) is 1.07. The van der Waals surface area contributed by atoms with E-state index in [1.807, 2.05) is 0 Å². The van der Waals surface area contributed by atoms with Gasteiger partial charge >= 0.3 is 0 Å². The average molecular weight is 336 g/mol. The quantitative estimate of drug-likeness (QED) is 0.773. The van der Waals surface area contributed by atoms with E-state index in [0.29, 0.717) is 30.0 Å². The van der Waals surface area contributed by atoms with Gasteiger partial charge in [0.05, 0.1) is 0 Å². The number of likely N-dealkylation sites (tertiary alicyclic amines) is 1. The average Bonchev–Trinajstić information content (AvgIpc) is 2.57. The number of amides is 1. The molecule has 3 fully saturated rings. The number of hydrogen-bond acceptors (Lipinski definition) is 3. The van der Waals surface area contributed by atoms with Gasteiger partial charge in [-0.1, -0.05) is 19.3 Å². The van der Waals surface area contributed by atoms with Crippen LogP contribution in [0.2, 0.25) is 0 Å². The van der Waals surface area contributed by atoms with Crippen molar-refractivity contribution in [2.75, 3.05) is 34.2 Å². The fourth-order valence-corrected chi connectivity index (χ4v) is 4.96. The van der Waals surface area contributed by atoms with E-state index in [1.165, 1.54) is 70.9 Å². The Morgan fingerprint density at radius 3 is 2.12 bits per heavy atom. The van der Waals surface area contributed by atoms with Crippen LogP contribution in [0.3, 0.4) is 0 Å². The highest BCUT2D eigenvalue weighted by molar-refractivity contribution is 5.76. The maximum absolute atomic E-state index is 12.7. The summed E-state index contributed by atoms with van der Waals surface area (Å²) in [6.07, 6.45) is 12.2. The Balaban J connectivity index is 1.60. The largest absolute Gasteiger partial charge is 0.341 e. The van der Waals surface area contributed by atoms with E-state index in [4.69, 9.17) is 0 Å². The van der Waals surface area contributed by atoms with Crippen LogP contribution < -0.4 is 0 Å². The molecule has 1 heterocycles. The first-order valence-corrected chi connectivity index (χ1v) is 10.2. The second kappa shape index (κ2) is 8.18. The molecule has 4 heteroatoms. The number of carbonyl (C=O) groups is 1. The third-order valence-corrected chi connectivity index (χ3v) is 7.06. The Morgan fingerprint density at radius 1 is 0.917 bits per heavy atom. The highest BCUT2D eigenvalue weighted by Crippen LogP contribution is 2.33. The third kappa shape index (κ3) is 4.13. The lowest BCUT2D eigenvalue weighted by molar-refractivity contribution is -0.136. The lowest BCUT2D eigenvalue weighted by Gasteiger charge is -2.47. The first-order chi connectivity index (χ1) is 11.6. The zero-order chi connectivity index (χ0) is 17.1.